The van der Waals surface area contributed by atoms with Crippen molar-refractivity contribution in [3.63, 3.8) is 0 Å². The molecule has 0 saturated carbocycles. The number of aliphatic hydroxyl groups excluding tert-OH is 1. The maximum absolute atomic E-state index is 14.6. The number of pyridine rings is 1. The molecule has 0 saturated heterocycles. The van der Waals surface area contributed by atoms with Gasteiger partial charge < -0.3 is 85.3 Å². The van der Waals surface area contributed by atoms with Crippen molar-refractivity contribution in [2.45, 2.75) is 58.2 Å². The van der Waals surface area contributed by atoms with Crippen molar-refractivity contribution in [3.8, 4) is 11.5 Å². The number of aromatic hydroxyl groups is 1. The Morgan fingerprint density at radius 3 is 2.23 bits per heavy atom. The number of primary amides is 1. The van der Waals surface area contributed by atoms with E-state index in [4.69, 9.17) is 41.0 Å². The molecule has 30 heteroatoms. The molecule has 4 heterocycles. The number of likely N-dealkylation sites (N-methyl/N-ethyl adjacent to an activating group) is 1. The monoisotopic (exact) mass is 1330 g/mol. The molecule has 0 fully saturated rings. The number of alkyl carbamates (subject to hydrolysis) is 1. The van der Waals surface area contributed by atoms with Crippen molar-refractivity contribution in [2.24, 2.45) is 11.7 Å². The number of phenolic OH excluding ortho intramolecular Hbond substituents is 1. The molecular formula is C65H75ClN12O17. The summed E-state index contributed by atoms with van der Waals surface area (Å²) in [6.45, 7) is 4.72. The highest BCUT2D eigenvalue weighted by Crippen LogP contribution is 2.47. The van der Waals surface area contributed by atoms with E-state index in [1.807, 2.05) is 25.1 Å². The number of nitrogens with one attached hydrogen (secondary N) is 5. The number of fused-ring (bicyclic) bond motifs is 4. The zero-order valence-electron chi connectivity index (χ0n) is 52.7. The molecule has 0 spiro atoms. The van der Waals surface area contributed by atoms with Crippen LogP contribution in [-0.2, 0) is 44.7 Å². The lowest BCUT2D eigenvalue weighted by molar-refractivity contribution is -0.137. The first-order valence-corrected chi connectivity index (χ1v) is 31.0. The van der Waals surface area contributed by atoms with Crippen molar-refractivity contribution >= 4 is 105 Å². The van der Waals surface area contributed by atoms with Gasteiger partial charge in [0.05, 0.1) is 51.0 Å². The van der Waals surface area contributed by atoms with Crippen molar-refractivity contribution in [1.29, 1.82) is 0 Å². The molecule has 0 aliphatic carbocycles. The van der Waals surface area contributed by atoms with Gasteiger partial charge in [-0.3, -0.25) is 33.7 Å². The number of benzene rings is 4. The number of phenols is 1. The van der Waals surface area contributed by atoms with E-state index in [2.05, 4.69) is 31.6 Å². The van der Waals surface area contributed by atoms with Gasteiger partial charge in [0.1, 0.15) is 48.1 Å². The van der Waals surface area contributed by atoms with Crippen LogP contribution in [0, 0.1) is 12.8 Å². The summed E-state index contributed by atoms with van der Waals surface area (Å²) in [7, 11) is 1.48. The van der Waals surface area contributed by atoms with Gasteiger partial charge in [-0.2, -0.15) is 0 Å². The molecule has 9 N–H and O–H groups in total. The first-order valence-electron chi connectivity index (χ1n) is 30.5. The number of anilines is 3. The number of aryl methyl sites for hydroxylation is 1. The predicted molar refractivity (Wildman–Crippen MR) is 347 cm³/mol. The Kier molecular flexibility index (Phi) is 24.8. The number of hydrogen-bond acceptors (Lipinski definition) is 18. The number of carbonyl (C=O) groups excluding carboxylic acids is 10. The third-order valence-corrected chi connectivity index (χ3v) is 15.8. The lowest BCUT2D eigenvalue weighted by Gasteiger charge is -2.26. The molecule has 2 aliphatic heterocycles. The molecule has 4 aromatic carbocycles. The Hall–Kier alpha value is -10.4. The topological polar surface area (TPSA) is 374 Å². The van der Waals surface area contributed by atoms with Crippen LogP contribution in [-0.4, -0.2) is 198 Å². The first-order chi connectivity index (χ1) is 45.6. The lowest BCUT2D eigenvalue weighted by Crippen LogP contribution is -2.54. The smallest absolute Gasteiger partial charge is 0.415 e. The van der Waals surface area contributed by atoms with Crippen LogP contribution in [0.15, 0.2) is 109 Å². The summed E-state index contributed by atoms with van der Waals surface area (Å²) in [6, 6.07) is 19.5. The van der Waals surface area contributed by atoms with Crippen molar-refractivity contribution in [2.75, 3.05) is 107 Å². The molecule has 6 aromatic rings. The molecule has 2 aromatic heterocycles. The van der Waals surface area contributed by atoms with Crippen LogP contribution in [0.5, 0.6) is 11.5 Å². The number of halogens is 1. The van der Waals surface area contributed by atoms with Gasteiger partial charge in [-0.1, -0.05) is 44.2 Å². The highest BCUT2D eigenvalue weighted by molar-refractivity contribution is 6.19. The molecular weight excluding hydrogens is 1260 g/mol. The zero-order valence-corrected chi connectivity index (χ0v) is 53.4. The number of amides is 11. The average molecular weight is 1330 g/mol. The van der Waals surface area contributed by atoms with Gasteiger partial charge in [0, 0.05) is 98.8 Å². The van der Waals surface area contributed by atoms with Gasteiger partial charge in [0.15, 0.2) is 0 Å². The maximum atomic E-state index is 14.6. The van der Waals surface area contributed by atoms with Crippen molar-refractivity contribution in [3.05, 3.63) is 137 Å². The van der Waals surface area contributed by atoms with Crippen molar-refractivity contribution in [1.82, 2.24) is 40.0 Å². The Bertz CT molecular complexity index is 3810. The number of rotatable bonds is 31. The second-order valence-electron chi connectivity index (χ2n) is 22.5. The number of imide groups is 1. The first kappa shape index (κ1) is 70.5. The molecule has 95 heavy (non-hydrogen) atoms. The van der Waals surface area contributed by atoms with E-state index in [0.29, 0.717) is 39.2 Å². The van der Waals surface area contributed by atoms with E-state index in [-0.39, 0.29) is 127 Å². The summed E-state index contributed by atoms with van der Waals surface area (Å²) in [5, 5.41) is 33.6. The maximum Gasteiger partial charge on any atom is 0.415 e. The summed E-state index contributed by atoms with van der Waals surface area (Å²) >= 11 is 6.65. The molecule has 29 nitrogen and oxygen atoms in total. The van der Waals surface area contributed by atoms with Crippen LogP contribution in [0.3, 0.4) is 0 Å². The van der Waals surface area contributed by atoms with Crippen LogP contribution < -0.4 is 42.0 Å². The number of aliphatic hydroxyl groups is 1. The van der Waals surface area contributed by atoms with Gasteiger partial charge in [-0.05, 0) is 96.3 Å². The van der Waals surface area contributed by atoms with Crippen LogP contribution >= 0.6 is 11.6 Å². The third kappa shape index (κ3) is 18.9. The number of nitrogens with zero attached hydrogens (tertiary/aromatic N) is 6. The van der Waals surface area contributed by atoms with Gasteiger partial charge in [-0.15, -0.1) is 11.6 Å². The summed E-state index contributed by atoms with van der Waals surface area (Å²) < 4.78 is 29.5. The number of carbonyl (C=O) groups is 10. The summed E-state index contributed by atoms with van der Waals surface area (Å²) in [6.07, 6.45) is 3.26. The quantitative estimate of drug-likeness (QED) is 0.0154. The van der Waals surface area contributed by atoms with E-state index in [9.17, 15) is 58.2 Å². The number of urea groups is 1. The fraction of sp³-hybridized carbons (Fsp3) is 0.369. The second kappa shape index (κ2) is 33.5. The minimum absolute atomic E-state index is 0.00000142. The number of alkyl halides is 1. The Labute approximate surface area is 550 Å². The Balaban J connectivity index is 0.868. The minimum atomic E-state index is -1.16. The molecule has 8 rings (SSSR count). The molecule has 0 radical (unpaired) electrons. The van der Waals surface area contributed by atoms with Gasteiger partial charge >= 0.3 is 24.3 Å². The van der Waals surface area contributed by atoms with Crippen LogP contribution in [0.1, 0.15) is 70.1 Å². The summed E-state index contributed by atoms with van der Waals surface area (Å²) in [5.41, 5.74) is 9.43. The van der Waals surface area contributed by atoms with Gasteiger partial charge in [0.2, 0.25) is 11.8 Å². The standard InChI is InChI=1S/C65H75ClN12O17/c1-39(2)57(73-63(88)93-32-31-92-29-26-77-53(81)20-21-54(77)82)60(85)72-48(9-6-22-68-62(67)87)59(84)69-44-14-10-41(11-15-44)38-94-64(89)74(4)23-24-75(25-28-91-30-27-79)65(90)95-51-33-50-56(55-40(3)7-5-8-47(51)55)43(34-66)35-78(50)61(86)49-37-76-36-45(16-19-52(76)71-49)70-58(83)42-12-17-46(80)18-13-42/h5,7-8,10-21,33,36-37,39,43,48,57,79-80H,6,9,22-32,34-35,38H2,1-4H3,(H,69,84)(H,70,83)(H,72,85)(H,73,88)(H3,67,68,87)/t43-,48+,57?/m1/s1. The third-order valence-electron chi connectivity index (χ3n) is 15.4. The highest BCUT2D eigenvalue weighted by Gasteiger charge is 2.37. The number of ether oxygens (including phenoxy) is 5. The normalized spacial score (nSPS) is 13.9. The summed E-state index contributed by atoms with van der Waals surface area (Å²) in [5.74, 6) is -3.58. The fourth-order valence-electron chi connectivity index (χ4n) is 10.4. The largest absolute Gasteiger partial charge is 0.508 e. The van der Waals surface area contributed by atoms with Crippen molar-refractivity contribution < 1.29 is 81.8 Å². The highest BCUT2D eigenvalue weighted by atomic mass is 35.5. The fourth-order valence-corrected chi connectivity index (χ4v) is 10.6. The molecule has 0 bridgehead atoms. The summed E-state index contributed by atoms with van der Waals surface area (Å²) in [4.78, 5) is 140. The van der Waals surface area contributed by atoms with Gasteiger partial charge in [-0.25, -0.2) is 24.2 Å². The van der Waals surface area contributed by atoms with E-state index >= 15 is 0 Å². The van der Waals surface area contributed by atoms with Crippen LogP contribution in [0.4, 0.5) is 36.2 Å². The van der Waals surface area contributed by atoms with E-state index in [0.717, 1.165) is 33.6 Å². The van der Waals surface area contributed by atoms with E-state index in [1.54, 1.807) is 78.0 Å². The number of nitrogens with two attached hydrogens (primary N) is 1. The molecule has 504 valence electrons. The predicted octanol–water partition coefficient (Wildman–Crippen LogP) is 5.38. The molecule has 1 unspecified atom stereocenters. The zero-order chi connectivity index (χ0) is 68.3. The SMILES string of the molecule is Cc1cccc2c(OC(=O)N(CCOCCO)CCN(C)C(=O)OCc3ccc(NC(=O)[C@H](CCCNC(N)=O)NC(=O)C(NC(=O)OCCOCCN4C(=O)C=CC4=O)C(C)C)cc3)cc3c(c12)[C@H](CCl)CN3C(=O)c1cn2cc(NC(=O)c3ccc(O)cc3)ccc2n1. The second-order valence-corrected chi connectivity index (χ2v) is 22.8. The van der Waals surface area contributed by atoms with E-state index < -0.39 is 77.8 Å². The van der Waals surface area contributed by atoms with Crippen LogP contribution in [0.25, 0.3) is 16.4 Å². The average Bonchev–Trinajstić information content (AvgIpc) is 1.45. The Morgan fingerprint density at radius 1 is 0.800 bits per heavy atom. The lowest BCUT2D eigenvalue weighted by atomic mass is 9.92. The molecule has 3 atom stereocenters. The number of imidazole rings is 1. The Morgan fingerprint density at radius 2 is 1.53 bits per heavy atom. The minimum Gasteiger partial charge on any atom is -0.508 e. The molecule has 11 amide bonds. The van der Waals surface area contributed by atoms with E-state index in [1.165, 1.54) is 41.1 Å². The molecule has 2 aliphatic rings. The number of hydrogen-bond donors (Lipinski definition) is 8. The van der Waals surface area contributed by atoms with Crippen LogP contribution in [0.2, 0.25) is 0 Å². The van der Waals surface area contributed by atoms with Gasteiger partial charge in [0.25, 0.3) is 23.6 Å². The number of aromatic nitrogens is 2.